The Morgan fingerprint density at radius 3 is 2.33 bits per heavy atom. The van der Waals surface area contributed by atoms with Crippen LogP contribution in [0.1, 0.15) is 29.8 Å². The lowest BCUT2D eigenvalue weighted by Gasteiger charge is -2.10. The van der Waals surface area contributed by atoms with E-state index in [-0.39, 0.29) is 17.7 Å². The third-order valence-corrected chi connectivity index (χ3v) is 3.57. The van der Waals surface area contributed by atoms with Crippen LogP contribution in [0.4, 0.5) is 5.69 Å². The van der Waals surface area contributed by atoms with Gasteiger partial charge in [-0.2, -0.15) is 0 Å². The summed E-state index contributed by atoms with van der Waals surface area (Å²) in [5, 5.41) is 5.66. The fourth-order valence-corrected chi connectivity index (χ4v) is 2.12. The van der Waals surface area contributed by atoms with E-state index in [1.807, 2.05) is 38.1 Å². The molecule has 0 saturated heterocycles. The summed E-state index contributed by atoms with van der Waals surface area (Å²) in [5.74, 6) is 0.421. The first-order chi connectivity index (χ1) is 11.5. The first-order valence-electron chi connectivity index (χ1n) is 7.82. The minimum atomic E-state index is -0.178. The molecule has 2 amide bonds. The number of methoxy groups -OCH3 is 1. The van der Waals surface area contributed by atoms with Crippen LogP contribution in [0.5, 0.6) is 5.75 Å². The predicted molar refractivity (Wildman–Crippen MR) is 94.1 cm³/mol. The summed E-state index contributed by atoms with van der Waals surface area (Å²) in [4.78, 5) is 23.9. The number of amides is 2. The third kappa shape index (κ3) is 4.59. The molecular weight excluding hydrogens is 304 g/mol. The zero-order valence-corrected chi connectivity index (χ0v) is 14.1. The number of carbonyl (C=O) groups is 2. The van der Waals surface area contributed by atoms with Gasteiger partial charge in [0.2, 0.25) is 5.91 Å². The van der Waals surface area contributed by atoms with Gasteiger partial charge in [-0.1, -0.05) is 32.0 Å². The fourth-order valence-electron chi connectivity index (χ4n) is 2.12. The second-order valence-electron chi connectivity index (χ2n) is 5.72. The van der Waals surface area contributed by atoms with E-state index in [4.69, 9.17) is 4.74 Å². The molecule has 0 saturated carbocycles. The molecule has 0 aliphatic heterocycles. The van der Waals surface area contributed by atoms with E-state index in [2.05, 4.69) is 10.6 Å². The lowest BCUT2D eigenvalue weighted by atomic mass is 10.1. The molecule has 5 heteroatoms. The predicted octanol–water partition coefficient (Wildman–Crippen LogP) is 3.22. The van der Waals surface area contributed by atoms with Crippen molar-refractivity contribution >= 4 is 17.5 Å². The van der Waals surface area contributed by atoms with Crippen LogP contribution in [-0.2, 0) is 11.3 Å². The molecule has 0 unspecified atom stereocenters. The van der Waals surface area contributed by atoms with Crippen molar-refractivity contribution in [1.29, 1.82) is 0 Å². The maximum Gasteiger partial charge on any atom is 0.251 e. The van der Waals surface area contributed by atoms with Crippen LogP contribution in [-0.4, -0.2) is 18.9 Å². The molecule has 2 aromatic rings. The van der Waals surface area contributed by atoms with Gasteiger partial charge in [0, 0.05) is 29.3 Å². The average Bonchev–Trinajstić information content (AvgIpc) is 2.60. The van der Waals surface area contributed by atoms with E-state index in [1.165, 1.54) is 0 Å². The molecule has 0 bridgehead atoms. The summed E-state index contributed by atoms with van der Waals surface area (Å²) >= 11 is 0. The molecule has 2 rings (SSSR count). The van der Waals surface area contributed by atoms with Gasteiger partial charge in [0.05, 0.1) is 7.11 Å². The van der Waals surface area contributed by atoms with Gasteiger partial charge in [-0.3, -0.25) is 9.59 Å². The SMILES string of the molecule is COc1ccccc1CNC(=O)c1ccc(NC(=O)C(C)C)cc1. The Labute approximate surface area is 142 Å². The van der Waals surface area contributed by atoms with Gasteiger partial charge in [-0.05, 0) is 30.3 Å². The van der Waals surface area contributed by atoms with Crippen molar-refractivity contribution in [3.63, 3.8) is 0 Å². The van der Waals surface area contributed by atoms with Crippen LogP contribution in [0.2, 0.25) is 0 Å². The molecular formula is C19H22N2O3. The second-order valence-corrected chi connectivity index (χ2v) is 5.72. The van der Waals surface area contributed by atoms with Gasteiger partial charge in [0.25, 0.3) is 5.91 Å². The molecule has 24 heavy (non-hydrogen) atoms. The summed E-state index contributed by atoms with van der Waals surface area (Å²) in [6.07, 6.45) is 0. The Bertz CT molecular complexity index is 709. The van der Waals surface area contributed by atoms with Crippen molar-refractivity contribution in [2.75, 3.05) is 12.4 Å². The highest BCUT2D eigenvalue weighted by molar-refractivity contribution is 5.96. The van der Waals surface area contributed by atoms with Crippen LogP contribution < -0.4 is 15.4 Å². The molecule has 0 radical (unpaired) electrons. The minimum absolute atomic E-state index is 0.0524. The molecule has 126 valence electrons. The van der Waals surface area contributed by atoms with Crippen molar-refractivity contribution in [1.82, 2.24) is 5.32 Å². The Balaban J connectivity index is 1.96. The van der Waals surface area contributed by atoms with Gasteiger partial charge < -0.3 is 15.4 Å². The Morgan fingerprint density at radius 1 is 1.04 bits per heavy atom. The number of ether oxygens (including phenoxy) is 1. The molecule has 2 aromatic carbocycles. The van der Waals surface area contributed by atoms with Crippen LogP contribution >= 0.6 is 0 Å². The Hall–Kier alpha value is -2.82. The van der Waals surface area contributed by atoms with Gasteiger partial charge >= 0.3 is 0 Å². The van der Waals surface area contributed by atoms with Crippen LogP contribution in [0, 0.1) is 5.92 Å². The number of rotatable bonds is 6. The molecule has 0 heterocycles. The molecule has 0 atom stereocenters. The summed E-state index contributed by atoms with van der Waals surface area (Å²) in [6, 6.07) is 14.4. The van der Waals surface area contributed by atoms with Crippen molar-refractivity contribution in [3.8, 4) is 5.75 Å². The standard InChI is InChI=1S/C19H22N2O3/c1-13(2)18(22)21-16-10-8-14(9-11-16)19(23)20-12-15-6-4-5-7-17(15)24-3/h4-11,13H,12H2,1-3H3,(H,20,23)(H,21,22). The highest BCUT2D eigenvalue weighted by Gasteiger charge is 2.09. The molecule has 0 aliphatic carbocycles. The van der Waals surface area contributed by atoms with Gasteiger partial charge in [0.1, 0.15) is 5.75 Å². The van der Waals surface area contributed by atoms with Crippen LogP contribution in [0.3, 0.4) is 0 Å². The van der Waals surface area contributed by atoms with Gasteiger partial charge in [-0.25, -0.2) is 0 Å². The van der Waals surface area contributed by atoms with Crippen molar-refractivity contribution < 1.29 is 14.3 Å². The molecule has 2 N–H and O–H groups in total. The first kappa shape index (κ1) is 17.5. The normalized spacial score (nSPS) is 10.3. The lowest BCUT2D eigenvalue weighted by Crippen LogP contribution is -2.23. The van der Waals surface area contributed by atoms with Crippen molar-refractivity contribution in [2.24, 2.45) is 5.92 Å². The minimum Gasteiger partial charge on any atom is -0.496 e. The smallest absolute Gasteiger partial charge is 0.251 e. The zero-order valence-electron chi connectivity index (χ0n) is 14.1. The molecule has 5 nitrogen and oxygen atoms in total. The average molecular weight is 326 g/mol. The van der Waals surface area contributed by atoms with Gasteiger partial charge in [0.15, 0.2) is 0 Å². The number of carbonyl (C=O) groups excluding carboxylic acids is 2. The quantitative estimate of drug-likeness (QED) is 0.856. The summed E-state index contributed by atoms with van der Waals surface area (Å²) in [5.41, 5.74) is 2.12. The van der Waals surface area contributed by atoms with Crippen molar-refractivity contribution in [2.45, 2.75) is 20.4 Å². The van der Waals surface area contributed by atoms with E-state index in [0.29, 0.717) is 17.8 Å². The molecule has 0 aliphatic rings. The number of para-hydroxylation sites is 1. The van der Waals surface area contributed by atoms with E-state index < -0.39 is 0 Å². The molecule has 0 spiro atoms. The van der Waals surface area contributed by atoms with E-state index >= 15 is 0 Å². The molecule has 0 aromatic heterocycles. The summed E-state index contributed by atoms with van der Waals surface area (Å²) in [6.45, 7) is 4.04. The number of hydrogen-bond acceptors (Lipinski definition) is 3. The number of hydrogen-bond donors (Lipinski definition) is 2. The maximum atomic E-state index is 12.2. The maximum absolute atomic E-state index is 12.2. The zero-order chi connectivity index (χ0) is 17.5. The van der Waals surface area contributed by atoms with E-state index in [1.54, 1.807) is 31.4 Å². The summed E-state index contributed by atoms with van der Waals surface area (Å²) < 4.78 is 5.26. The summed E-state index contributed by atoms with van der Waals surface area (Å²) in [7, 11) is 1.60. The van der Waals surface area contributed by atoms with Crippen molar-refractivity contribution in [3.05, 3.63) is 59.7 Å². The van der Waals surface area contributed by atoms with Crippen LogP contribution in [0.15, 0.2) is 48.5 Å². The second kappa shape index (κ2) is 8.15. The number of benzene rings is 2. The Morgan fingerprint density at radius 2 is 1.71 bits per heavy atom. The van der Waals surface area contributed by atoms with Gasteiger partial charge in [-0.15, -0.1) is 0 Å². The highest BCUT2D eigenvalue weighted by atomic mass is 16.5. The Kier molecular flexibility index (Phi) is 5.95. The van der Waals surface area contributed by atoms with E-state index in [9.17, 15) is 9.59 Å². The molecule has 0 fully saturated rings. The number of nitrogens with one attached hydrogen (secondary N) is 2. The monoisotopic (exact) mass is 326 g/mol. The number of anilines is 1. The van der Waals surface area contributed by atoms with E-state index in [0.717, 1.165) is 11.3 Å². The first-order valence-corrected chi connectivity index (χ1v) is 7.82. The largest absolute Gasteiger partial charge is 0.496 e. The lowest BCUT2D eigenvalue weighted by molar-refractivity contribution is -0.118. The highest BCUT2D eigenvalue weighted by Crippen LogP contribution is 2.17. The third-order valence-electron chi connectivity index (χ3n) is 3.57. The topological polar surface area (TPSA) is 67.4 Å². The fraction of sp³-hybridized carbons (Fsp3) is 0.263. The van der Waals surface area contributed by atoms with Crippen LogP contribution in [0.25, 0.3) is 0 Å².